The Hall–Kier alpha value is -8.92. The van der Waals surface area contributed by atoms with Crippen molar-refractivity contribution in [3.05, 3.63) is 255 Å². The average molecular weight is 971 g/mol. The van der Waals surface area contributed by atoms with Gasteiger partial charge in [0, 0.05) is 40.3 Å². The first-order valence-electron chi connectivity index (χ1n) is 25.5. The first kappa shape index (κ1) is 41.7. The van der Waals surface area contributed by atoms with Gasteiger partial charge in [-0.25, -0.2) is 0 Å². The van der Waals surface area contributed by atoms with Gasteiger partial charge in [0.25, 0.3) is 0 Å². The molecule has 0 nitrogen and oxygen atoms in total. The SMILES string of the molecule is c1ccc2cc(-c3cccc4c(-c5c6cccc(-c7cccc8sc9ccccc9c78)c6cc6c(-c7cccc8sc9ccccc9c78)cccc56)c5cccc(-c6ccc7ccccc7c6)c5cc34)ccc2c1. The Balaban J connectivity index is 1.09. The molecule has 342 valence electrons. The van der Waals surface area contributed by atoms with Crippen LogP contribution in [0.4, 0.5) is 0 Å². The normalized spacial score (nSPS) is 12.1. The molecule has 0 atom stereocenters. The summed E-state index contributed by atoms with van der Waals surface area (Å²) >= 11 is 3.77. The van der Waals surface area contributed by atoms with Crippen LogP contribution in [0.2, 0.25) is 0 Å². The van der Waals surface area contributed by atoms with E-state index in [4.69, 9.17) is 0 Å². The molecule has 0 fully saturated rings. The van der Waals surface area contributed by atoms with Crippen molar-refractivity contribution in [3.8, 4) is 55.6 Å². The molecule has 2 aromatic heterocycles. The van der Waals surface area contributed by atoms with E-state index in [-0.39, 0.29) is 0 Å². The van der Waals surface area contributed by atoms with Gasteiger partial charge in [-0.3, -0.25) is 0 Å². The molecule has 0 aliphatic heterocycles. The Labute approximate surface area is 435 Å². The maximum absolute atomic E-state index is 2.54. The molecule has 2 heteroatoms. The van der Waals surface area contributed by atoms with Crippen LogP contribution in [0.15, 0.2) is 255 Å². The number of rotatable bonds is 5. The molecule has 0 aliphatic rings. The Kier molecular flexibility index (Phi) is 9.18. The van der Waals surface area contributed by atoms with Crippen LogP contribution in [0.5, 0.6) is 0 Å². The van der Waals surface area contributed by atoms with Crippen LogP contribution in [0.3, 0.4) is 0 Å². The third-order valence-electron chi connectivity index (χ3n) is 15.8. The monoisotopic (exact) mass is 970 g/mol. The van der Waals surface area contributed by atoms with Gasteiger partial charge in [0.15, 0.2) is 0 Å². The van der Waals surface area contributed by atoms with Crippen molar-refractivity contribution >= 4 is 128 Å². The maximum Gasteiger partial charge on any atom is 0.0361 e. The van der Waals surface area contributed by atoms with Gasteiger partial charge in [-0.1, -0.05) is 206 Å². The summed E-state index contributed by atoms with van der Waals surface area (Å²) in [5.74, 6) is 0. The lowest BCUT2D eigenvalue weighted by Crippen LogP contribution is -1.94. The average Bonchev–Trinajstić information content (AvgIpc) is 4.07. The van der Waals surface area contributed by atoms with Crippen LogP contribution in [0.25, 0.3) is 161 Å². The van der Waals surface area contributed by atoms with Crippen molar-refractivity contribution in [1.29, 1.82) is 0 Å². The lowest BCUT2D eigenvalue weighted by Gasteiger charge is -2.22. The summed E-state index contributed by atoms with van der Waals surface area (Å²) in [6.07, 6.45) is 0. The maximum atomic E-state index is 2.54. The highest BCUT2D eigenvalue weighted by Gasteiger charge is 2.24. The van der Waals surface area contributed by atoms with E-state index < -0.39 is 0 Å². The molecule has 0 bridgehead atoms. The molecule has 0 saturated carbocycles. The van der Waals surface area contributed by atoms with Crippen molar-refractivity contribution in [2.75, 3.05) is 0 Å². The van der Waals surface area contributed by atoms with Gasteiger partial charge in [-0.2, -0.15) is 0 Å². The zero-order valence-electron chi connectivity index (χ0n) is 40.1. The number of hydrogen-bond donors (Lipinski definition) is 0. The zero-order chi connectivity index (χ0) is 48.4. The quantitative estimate of drug-likeness (QED) is 0.151. The summed E-state index contributed by atoms with van der Waals surface area (Å²) < 4.78 is 5.24. The Morgan fingerprint density at radius 3 is 0.959 bits per heavy atom. The molecule has 14 aromatic carbocycles. The van der Waals surface area contributed by atoms with E-state index in [0.717, 1.165) is 0 Å². The van der Waals surface area contributed by atoms with E-state index in [0.29, 0.717) is 0 Å². The second kappa shape index (κ2) is 16.3. The highest BCUT2D eigenvalue weighted by molar-refractivity contribution is 7.26. The van der Waals surface area contributed by atoms with Crippen LogP contribution < -0.4 is 0 Å². The molecule has 0 N–H and O–H groups in total. The molecule has 16 rings (SSSR count). The fourth-order valence-electron chi connectivity index (χ4n) is 12.6. The van der Waals surface area contributed by atoms with Crippen LogP contribution in [0, 0.1) is 0 Å². The van der Waals surface area contributed by atoms with E-state index in [1.165, 1.54) is 161 Å². The third kappa shape index (κ3) is 6.26. The summed E-state index contributed by atoms with van der Waals surface area (Å²) in [5.41, 5.74) is 12.4. The minimum absolute atomic E-state index is 1.21. The van der Waals surface area contributed by atoms with Gasteiger partial charge < -0.3 is 0 Å². The molecule has 0 unspecified atom stereocenters. The number of benzene rings is 14. The number of hydrogen-bond acceptors (Lipinski definition) is 2. The predicted molar refractivity (Wildman–Crippen MR) is 324 cm³/mol. The highest BCUT2D eigenvalue weighted by Crippen LogP contribution is 2.52. The molecule has 0 amide bonds. The third-order valence-corrected chi connectivity index (χ3v) is 18.1. The van der Waals surface area contributed by atoms with Gasteiger partial charge in [-0.05, 0) is 169 Å². The lowest BCUT2D eigenvalue weighted by atomic mass is 9.81. The molecule has 0 saturated heterocycles. The van der Waals surface area contributed by atoms with Gasteiger partial charge >= 0.3 is 0 Å². The Morgan fingerprint density at radius 2 is 0.514 bits per heavy atom. The van der Waals surface area contributed by atoms with Crippen molar-refractivity contribution in [2.24, 2.45) is 0 Å². The van der Waals surface area contributed by atoms with E-state index in [1.807, 2.05) is 22.7 Å². The molecule has 74 heavy (non-hydrogen) atoms. The van der Waals surface area contributed by atoms with Gasteiger partial charge in [0.05, 0.1) is 0 Å². The van der Waals surface area contributed by atoms with Gasteiger partial charge in [0.1, 0.15) is 0 Å². The number of thiophene rings is 2. The summed E-state index contributed by atoms with van der Waals surface area (Å²) in [7, 11) is 0. The molecule has 16 aromatic rings. The molecule has 2 heterocycles. The molecule has 0 radical (unpaired) electrons. The highest BCUT2D eigenvalue weighted by atomic mass is 32.1. The number of fused-ring (bicyclic) bond motifs is 12. The smallest absolute Gasteiger partial charge is 0.0361 e. The van der Waals surface area contributed by atoms with Crippen LogP contribution >= 0.6 is 22.7 Å². The van der Waals surface area contributed by atoms with E-state index in [1.54, 1.807) is 0 Å². The second-order valence-electron chi connectivity index (χ2n) is 19.8. The fraction of sp³-hybridized carbons (Fsp3) is 0. The van der Waals surface area contributed by atoms with Crippen LogP contribution in [-0.4, -0.2) is 0 Å². The van der Waals surface area contributed by atoms with Gasteiger partial charge in [0.2, 0.25) is 0 Å². The molecule has 0 spiro atoms. The summed E-state index contributed by atoms with van der Waals surface area (Å²) in [4.78, 5) is 0. The first-order valence-corrected chi connectivity index (χ1v) is 27.1. The van der Waals surface area contributed by atoms with E-state index in [9.17, 15) is 0 Å². The fourth-order valence-corrected chi connectivity index (χ4v) is 14.8. The van der Waals surface area contributed by atoms with Crippen molar-refractivity contribution in [1.82, 2.24) is 0 Å². The Bertz CT molecular complexity index is 4720. The first-order chi connectivity index (χ1) is 36.7. The summed E-state index contributed by atoms with van der Waals surface area (Å²) in [6, 6.07) is 96.1. The largest absolute Gasteiger partial charge is 0.135 e. The van der Waals surface area contributed by atoms with Crippen molar-refractivity contribution < 1.29 is 0 Å². The van der Waals surface area contributed by atoms with Crippen LogP contribution in [-0.2, 0) is 0 Å². The topological polar surface area (TPSA) is 0 Å². The predicted octanol–water partition coefficient (Wildman–Crippen LogP) is 21.7. The summed E-state index contributed by atoms with van der Waals surface area (Å²) in [6.45, 7) is 0. The minimum atomic E-state index is 1.21. The molecular formula is C72H42S2. The molecule has 0 aliphatic carbocycles. The Morgan fingerprint density at radius 1 is 0.189 bits per heavy atom. The van der Waals surface area contributed by atoms with E-state index >= 15 is 0 Å². The zero-order valence-corrected chi connectivity index (χ0v) is 41.7. The summed E-state index contributed by atoms with van der Waals surface area (Å²) in [5, 5.41) is 20.1. The van der Waals surface area contributed by atoms with Crippen molar-refractivity contribution in [2.45, 2.75) is 0 Å². The lowest BCUT2D eigenvalue weighted by molar-refractivity contribution is 1.66. The molecular weight excluding hydrogens is 929 g/mol. The second-order valence-corrected chi connectivity index (χ2v) is 22.0. The van der Waals surface area contributed by atoms with Crippen LogP contribution in [0.1, 0.15) is 0 Å². The standard InChI is InChI=1S/C72H42S2/c1-3-17-45-39-47(37-35-43(45)15-1)49-21-9-25-55-61(49)41-62-50(48-38-36-44-16-2-4-18-46(44)40-48)22-10-26-56(62)71(55)72-57-27-11-23-51(53-29-13-33-67-69(53)59-19-5-7-31-65(59)73-67)63(57)42-64-52(24-12-28-58(64)72)54-30-14-34-68-70(54)60-20-6-8-32-66(60)74-68/h1-42H. The van der Waals surface area contributed by atoms with Crippen molar-refractivity contribution in [3.63, 3.8) is 0 Å². The minimum Gasteiger partial charge on any atom is -0.135 e. The van der Waals surface area contributed by atoms with E-state index in [2.05, 4.69) is 255 Å². The van der Waals surface area contributed by atoms with Gasteiger partial charge in [-0.15, -0.1) is 22.7 Å².